The summed E-state index contributed by atoms with van der Waals surface area (Å²) >= 11 is 6.11. The van der Waals surface area contributed by atoms with Gasteiger partial charge in [-0.15, -0.1) is 0 Å². The van der Waals surface area contributed by atoms with Crippen molar-refractivity contribution in [2.45, 2.75) is 13.3 Å². The van der Waals surface area contributed by atoms with Gasteiger partial charge in [0, 0.05) is 13.1 Å². The predicted octanol–water partition coefficient (Wildman–Crippen LogP) is 2.43. The molecule has 5 heteroatoms. The molecule has 0 saturated heterocycles. The number of amides is 1. The Bertz CT molecular complexity index is 569. The largest absolute Gasteiger partial charge is 0.313 e. The minimum Gasteiger partial charge on any atom is -0.313 e. The molecule has 1 amide bonds. The van der Waals surface area contributed by atoms with Crippen molar-refractivity contribution in [3.05, 3.63) is 40.9 Å². The van der Waals surface area contributed by atoms with Gasteiger partial charge in [0.05, 0.1) is 16.3 Å². The van der Waals surface area contributed by atoms with Crippen LogP contribution in [0.4, 0.5) is 5.69 Å². The molecule has 1 aliphatic rings. The fraction of sp³-hybridized carbons (Fsp3) is 0.333. The third kappa shape index (κ3) is 2.76. The molecule has 2 rings (SSSR count). The first-order valence-corrected chi connectivity index (χ1v) is 6.96. The smallest absolute Gasteiger partial charge is 0.299 e. The first kappa shape index (κ1) is 14.8. The second-order valence-electron chi connectivity index (χ2n) is 4.78. The van der Waals surface area contributed by atoms with Crippen molar-refractivity contribution in [1.29, 1.82) is 0 Å². The van der Waals surface area contributed by atoms with E-state index in [-0.39, 0.29) is 0 Å². The van der Waals surface area contributed by atoms with Gasteiger partial charge >= 0.3 is 0 Å². The SMILES string of the molecule is C=C(CNCCC)CN1C(=O)C(=O)c2cccc(Cl)c21. The average Bonchev–Trinajstić information content (AvgIpc) is 2.66. The molecule has 0 bridgehead atoms. The van der Waals surface area contributed by atoms with E-state index in [9.17, 15) is 9.59 Å². The van der Waals surface area contributed by atoms with Gasteiger partial charge < -0.3 is 5.32 Å². The number of carbonyl (C=O) groups excluding carboxylic acids is 2. The number of fused-ring (bicyclic) bond motifs is 1. The number of rotatable bonds is 6. The van der Waals surface area contributed by atoms with Crippen molar-refractivity contribution < 1.29 is 9.59 Å². The zero-order valence-corrected chi connectivity index (χ0v) is 12.2. The molecule has 1 aliphatic heterocycles. The van der Waals surface area contributed by atoms with Crippen molar-refractivity contribution >= 4 is 29.0 Å². The van der Waals surface area contributed by atoms with E-state index < -0.39 is 11.7 Å². The number of anilines is 1. The Kier molecular flexibility index (Phi) is 4.57. The summed E-state index contributed by atoms with van der Waals surface area (Å²) in [6.07, 6.45) is 1.03. The van der Waals surface area contributed by atoms with Crippen LogP contribution in [-0.4, -0.2) is 31.3 Å². The maximum atomic E-state index is 12.0. The quantitative estimate of drug-likeness (QED) is 0.498. The van der Waals surface area contributed by atoms with Crippen molar-refractivity contribution in [2.75, 3.05) is 24.5 Å². The molecule has 0 aliphatic carbocycles. The van der Waals surface area contributed by atoms with Gasteiger partial charge in [-0.05, 0) is 30.7 Å². The van der Waals surface area contributed by atoms with Gasteiger partial charge in [0.25, 0.3) is 11.7 Å². The summed E-state index contributed by atoms with van der Waals surface area (Å²) in [6.45, 7) is 7.83. The molecule has 0 radical (unpaired) electrons. The van der Waals surface area contributed by atoms with Crippen LogP contribution in [0.2, 0.25) is 5.02 Å². The first-order valence-electron chi connectivity index (χ1n) is 6.58. The van der Waals surface area contributed by atoms with E-state index in [1.54, 1.807) is 18.2 Å². The molecule has 4 nitrogen and oxygen atoms in total. The highest BCUT2D eigenvalue weighted by molar-refractivity contribution is 6.54. The van der Waals surface area contributed by atoms with Crippen LogP contribution in [0.5, 0.6) is 0 Å². The fourth-order valence-corrected chi connectivity index (χ4v) is 2.46. The highest BCUT2D eigenvalue weighted by Gasteiger charge is 2.37. The van der Waals surface area contributed by atoms with Gasteiger partial charge in [-0.3, -0.25) is 14.5 Å². The minimum absolute atomic E-state index is 0.304. The molecule has 1 aromatic rings. The molecule has 1 aromatic carbocycles. The molecular weight excluding hydrogens is 276 g/mol. The number of nitrogens with one attached hydrogen (secondary N) is 1. The van der Waals surface area contributed by atoms with Crippen LogP contribution < -0.4 is 10.2 Å². The van der Waals surface area contributed by atoms with E-state index in [4.69, 9.17) is 11.6 Å². The van der Waals surface area contributed by atoms with E-state index >= 15 is 0 Å². The first-order chi connectivity index (χ1) is 9.56. The van der Waals surface area contributed by atoms with E-state index in [2.05, 4.69) is 18.8 Å². The maximum Gasteiger partial charge on any atom is 0.299 e. The molecule has 1 N–H and O–H groups in total. The Hall–Kier alpha value is -1.65. The number of hydrogen-bond donors (Lipinski definition) is 1. The molecule has 0 fully saturated rings. The van der Waals surface area contributed by atoms with Crippen LogP contribution in [0.1, 0.15) is 23.7 Å². The molecule has 0 spiro atoms. The predicted molar refractivity (Wildman–Crippen MR) is 80.4 cm³/mol. The van der Waals surface area contributed by atoms with Crippen molar-refractivity contribution in [1.82, 2.24) is 5.32 Å². The van der Waals surface area contributed by atoms with Crippen LogP contribution in [0.15, 0.2) is 30.4 Å². The Labute approximate surface area is 123 Å². The summed E-state index contributed by atoms with van der Waals surface area (Å²) in [6, 6.07) is 4.98. The molecule has 20 heavy (non-hydrogen) atoms. The molecule has 0 aromatic heterocycles. The molecule has 0 unspecified atom stereocenters. The van der Waals surface area contributed by atoms with Crippen LogP contribution in [-0.2, 0) is 4.79 Å². The van der Waals surface area contributed by atoms with Crippen LogP contribution in [0.25, 0.3) is 0 Å². The van der Waals surface area contributed by atoms with Crippen molar-refractivity contribution in [3.8, 4) is 0 Å². The second-order valence-corrected chi connectivity index (χ2v) is 5.19. The molecular formula is C15H17ClN2O2. The second kappa shape index (κ2) is 6.20. The number of nitrogens with zero attached hydrogens (tertiary/aromatic N) is 1. The van der Waals surface area contributed by atoms with E-state index in [1.807, 2.05) is 0 Å². The lowest BCUT2D eigenvalue weighted by atomic mass is 10.1. The Morgan fingerprint density at radius 2 is 2.15 bits per heavy atom. The van der Waals surface area contributed by atoms with E-state index in [1.165, 1.54) is 4.90 Å². The van der Waals surface area contributed by atoms with E-state index in [0.29, 0.717) is 29.4 Å². The fourth-order valence-electron chi connectivity index (χ4n) is 2.18. The van der Waals surface area contributed by atoms with Crippen molar-refractivity contribution in [2.24, 2.45) is 0 Å². The number of hydrogen-bond acceptors (Lipinski definition) is 3. The van der Waals surface area contributed by atoms with Gasteiger partial charge in [0.2, 0.25) is 0 Å². The van der Waals surface area contributed by atoms with Gasteiger partial charge in [0.1, 0.15) is 0 Å². The lowest BCUT2D eigenvalue weighted by molar-refractivity contribution is -0.114. The van der Waals surface area contributed by atoms with Gasteiger partial charge in [0.15, 0.2) is 0 Å². The third-order valence-corrected chi connectivity index (χ3v) is 3.43. The van der Waals surface area contributed by atoms with Gasteiger partial charge in [-0.1, -0.05) is 31.2 Å². The number of benzene rings is 1. The standard InChI is InChI=1S/C15H17ClN2O2/c1-3-7-17-8-10(2)9-18-13-11(14(19)15(18)20)5-4-6-12(13)16/h4-6,17H,2-3,7-9H2,1H3. The molecule has 0 saturated carbocycles. The average molecular weight is 293 g/mol. The van der Waals surface area contributed by atoms with Crippen LogP contribution >= 0.6 is 11.6 Å². The normalized spacial score (nSPS) is 13.8. The maximum absolute atomic E-state index is 12.0. The third-order valence-electron chi connectivity index (χ3n) is 3.12. The summed E-state index contributed by atoms with van der Waals surface area (Å²) in [5.74, 6) is -1.04. The van der Waals surface area contributed by atoms with Crippen molar-refractivity contribution in [3.63, 3.8) is 0 Å². The highest BCUT2D eigenvalue weighted by Crippen LogP contribution is 2.35. The van der Waals surface area contributed by atoms with E-state index in [0.717, 1.165) is 18.5 Å². The van der Waals surface area contributed by atoms with Gasteiger partial charge in [-0.2, -0.15) is 0 Å². The monoisotopic (exact) mass is 292 g/mol. The molecule has 106 valence electrons. The summed E-state index contributed by atoms with van der Waals surface area (Å²) in [5, 5.41) is 3.63. The lowest BCUT2D eigenvalue weighted by Crippen LogP contribution is -2.33. The molecule has 0 atom stereocenters. The summed E-state index contributed by atoms with van der Waals surface area (Å²) in [5.41, 5.74) is 1.71. The summed E-state index contributed by atoms with van der Waals surface area (Å²) < 4.78 is 0. The van der Waals surface area contributed by atoms with Crippen LogP contribution in [0.3, 0.4) is 0 Å². The number of carbonyl (C=O) groups is 2. The molecule has 1 heterocycles. The topological polar surface area (TPSA) is 49.4 Å². The zero-order chi connectivity index (χ0) is 14.7. The Morgan fingerprint density at radius 3 is 2.85 bits per heavy atom. The lowest BCUT2D eigenvalue weighted by Gasteiger charge is -2.19. The number of Topliss-reactive ketones (excluding diaryl/α,β-unsaturated/α-hetero) is 1. The van der Waals surface area contributed by atoms with Crippen LogP contribution in [0, 0.1) is 0 Å². The minimum atomic E-state index is -0.537. The number of ketones is 1. The number of halogens is 1. The van der Waals surface area contributed by atoms with Gasteiger partial charge in [-0.25, -0.2) is 0 Å². The highest BCUT2D eigenvalue weighted by atomic mass is 35.5. The number of para-hydroxylation sites is 1. The Balaban J connectivity index is 2.16. The Morgan fingerprint density at radius 1 is 1.40 bits per heavy atom. The zero-order valence-electron chi connectivity index (χ0n) is 11.4. The summed E-state index contributed by atoms with van der Waals surface area (Å²) in [4.78, 5) is 25.4. The summed E-state index contributed by atoms with van der Waals surface area (Å²) in [7, 11) is 0.